The Labute approximate surface area is 225 Å². The first-order valence-corrected chi connectivity index (χ1v) is 14.0. The molecule has 0 atom stereocenters. The fraction of sp³-hybridized carbons (Fsp3) is 0.133. The van der Waals surface area contributed by atoms with Gasteiger partial charge in [-0.2, -0.15) is 5.10 Å². The van der Waals surface area contributed by atoms with E-state index < -0.39 is 15.7 Å². The van der Waals surface area contributed by atoms with E-state index in [1.165, 1.54) is 42.5 Å². The van der Waals surface area contributed by atoms with Crippen LogP contribution in [0.2, 0.25) is 0 Å². The van der Waals surface area contributed by atoms with Gasteiger partial charge in [-0.25, -0.2) is 12.8 Å². The number of carbonyl (C=O) groups is 1. The van der Waals surface area contributed by atoms with Crippen LogP contribution < -0.4 is 5.32 Å². The number of benzene rings is 3. The summed E-state index contributed by atoms with van der Waals surface area (Å²) in [5.41, 5.74) is 3.54. The zero-order valence-corrected chi connectivity index (χ0v) is 21.7. The fourth-order valence-corrected chi connectivity index (χ4v) is 5.70. The van der Waals surface area contributed by atoms with Gasteiger partial charge in [0.05, 0.1) is 16.8 Å². The van der Waals surface area contributed by atoms with E-state index in [4.69, 9.17) is 0 Å². The second-order valence-corrected chi connectivity index (χ2v) is 11.1. The van der Waals surface area contributed by atoms with Crippen molar-refractivity contribution >= 4 is 26.6 Å². The second-order valence-electron chi connectivity index (χ2n) is 9.09. The van der Waals surface area contributed by atoms with Gasteiger partial charge in [0.15, 0.2) is 9.84 Å². The number of sulfone groups is 1. The number of H-pyrrole nitrogens is 2. The molecule has 0 spiro atoms. The standard InChI is InChI=1S/C30H25FN4O3S/c31-27-10-5-21(6-11-27)3-8-25-17-26(30(36)33-14-1-2-23-18-34-35-19-23)9-12-29(25)39(37,38)20-22-4-7-24-13-15-32-28(24)16-22/h4-7,9-13,15-19,32H,1-2,14,20H2,(H,33,36)(H,34,35). The summed E-state index contributed by atoms with van der Waals surface area (Å²) in [6.45, 7) is 0.446. The lowest BCUT2D eigenvalue weighted by Crippen LogP contribution is -2.25. The van der Waals surface area contributed by atoms with Gasteiger partial charge in [-0.15, -0.1) is 0 Å². The van der Waals surface area contributed by atoms with Crippen LogP contribution in [0, 0.1) is 17.7 Å². The summed E-state index contributed by atoms with van der Waals surface area (Å²) in [6, 6.07) is 17.4. The molecule has 7 nitrogen and oxygen atoms in total. The van der Waals surface area contributed by atoms with Crippen molar-refractivity contribution in [2.45, 2.75) is 23.5 Å². The number of hydrogen-bond acceptors (Lipinski definition) is 4. The molecule has 39 heavy (non-hydrogen) atoms. The van der Waals surface area contributed by atoms with Gasteiger partial charge in [-0.05, 0) is 84.0 Å². The molecule has 2 heterocycles. The molecule has 0 fully saturated rings. The highest BCUT2D eigenvalue weighted by molar-refractivity contribution is 7.90. The number of nitrogens with zero attached hydrogens (tertiary/aromatic N) is 1. The predicted octanol–water partition coefficient (Wildman–Crippen LogP) is 4.77. The third-order valence-electron chi connectivity index (χ3n) is 6.22. The molecule has 5 aromatic rings. The Balaban J connectivity index is 1.41. The number of aromatic amines is 2. The number of nitrogens with one attached hydrogen (secondary N) is 3. The highest BCUT2D eigenvalue weighted by Crippen LogP contribution is 2.24. The number of halogens is 1. The van der Waals surface area contributed by atoms with E-state index in [0.717, 1.165) is 29.3 Å². The minimum atomic E-state index is -3.81. The fourth-order valence-electron chi connectivity index (χ4n) is 4.21. The van der Waals surface area contributed by atoms with Crippen LogP contribution in [0.3, 0.4) is 0 Å². The number of carbonyl (C=O) groups excluding carboxylic acids is 1. The maximum atomic E-state index is 13.5. The maximum absolute atomic E-state index is 13.5. The Bertz CT molecular complexity index is 1780. The van der Waals surface area contributed by atoms with Crippen LogP contribution in [0.4, 0.5) is 4.39 Å². The lowest BCUT2D eigenvalue weighted by atomic mass is 10.1. The van der Waals surface area contributed by atoms with Crippen LogP contribution in [0.25, 0.3) is 10.9 Å². The summed E-state index contributed by atoms with van der Waals surface area (Å²) in [7, 11) is -3.81. The number of aryl methyl sites for hydroxylation is 1. The Morgan fingerprint density at radius 3 is 2.62 bits per heavy atom. The smallest absolute Gasteiger partial charge is 0.251 e. The third kappa shape index (κ3) is 6.43. The molecule has 0 saturated carbocycles. The van der Waals surface area contributed by atoms with Crippen LogP contribution in [0.1, 0.15) is 39.0 Å². The molecule has 0 saturated heterocycles. The summed E-state index contributed by atoms with van der Waals surface area (Å²) >= 11 is 0. The number of hydrogen-bond donors (Lipinski definition) is 3. The average Bonchev–Trinajstić information content (AvgIpc) is 3.62. The SMILES string of the molecule is O=C(NCCCc1cn[nH]c1)c1ccc(S(=O)(=O)Cc2ccc3cc[nH]c3c2)c(C#Cc2ccc(F)cc2)c1. The van der Waals surface area contributed by atoms with Crippen LogP contribution in [-0.4, -0.2) is 36.1 Å². The van der Waals surface area contributed by atoms with E-state index in [1.54, 1.807) is 18.5 Å². The minimum Gasteiger partial charge on any atom is -0.361 e. The summed E-state index contributed by atoms with van der Waals surface area (Å²) < 4.78 is 40.4. The van der Waals surface area contributed by atoms with Crippen LogP contribution in [0.15, 0.2) is 90.2 Å². The minimum absolute atomic E-state index is 0.0280. The molecule has 2 aromatic heterocycles. The van der Waals surface area contributed by atoms with E-state index in [0.29, 0.717) is 23.2 Å². The van der Waals surface area contributed by atoms with Crippen molar-refractivity contribution in [1.29, 1.82) is 0 Å². The molecule has 0 unspecified atom stereocenters. The van der Waals surface area contributed by atoms with Gasteiger partial charge in [0, 0.05) is 41.1 Å². The van der Waals surface area contributed by atoms with Crippen molar-refractivity contribution < 1.29 is 17.6 Å². The van der Waals surface area contributed by atoms with Crippen molar-refractivity contribution in [2.24, 2.45) is 0 Å². The molecule has 3 aromatic carbocycles. The van der Waals surface area contributed by atoms with E-state index in [-0.39, 0.29) is 22.1 Å². The van der Waals surface area contributed by atoms with Gasteiger partial charge in [0.2, 0.25) is 0 Å². The summed E-state index contributed by atoms with van der Waals surface area (Å²) in [5.74, 6) is 4.84. The topological polar surface area (TPSA) is 108 Å². The quantitative estimate of drug-likeness (QED) is 0.195. The molecular weight excluding hydrogens is 515 g/mol. The molecule has 1 amide bonds. The summed E-state index contributed by atoms with van der Waals surface area (Å²) in [5, 5.41) is 10.5. The van der Waals surface area contributed by atoms with Gasteiger partial charge >= 0.3 is 0 Å². The molecule has 5 rings (SSSR count). The number of aromatic nitrogens is 3. The number of rotatable bonds is 8. The summed E-state index contributed by atoms with van der Waals surface area (Å²) in [4.78, 5) is 16.0. The van der Waals surface area contributed by atoms with Crippen LogP contribution >= 0.6 is 0 Å². The zero-order chi connectivity index (χ0) is 27.2. The highest BCUT2D eigenvalue weighted by Gasteiger charge is 2.21. The Morgan fingerprint density at radius 2 is 1.82 bits per heavy atom. The summed E-state index contributed by atoms with van der Waals surface area (Å²) in [6.07, 6.45) is 6.83. The Kier molecular flexibility index (Phi) is 7.57. The molecule has 0 aliphatic rings. The van der Waals surface area contributed by atoms with Crippen molar-refractivity contribution in [3.63, 3.8) is 0 Å². The van der Waals surface area contributed by atoms with E-state index >= 15 is 0 Å². The average molecular weight is 541 g/mol. The normalized spacial score (nSPS) is 11.2. The molecule has 0 aliphatic heterocycles. The number of fused-ring (bicyclic) bond motifs is 1. The van der Waals surface area contributed by atoms with Crippen molar-refractivity contribution in [3.8, 4) is 11.8 Å². The van der Waals surface area contributed by atoms with Crippen LogP contribution in [0.5, 0.6) is 0 Å². The Hall–Kier alpha value is -4.68. The van der Waals surface area contributed by atoms with Crippen LogP contribution in [-0.2, 0) is 22.0 Å². The van der Waals surface area contributed by atoms with Gasteiger partial charge in [0.1, 0.15) is 5.82 Å². The van der Waals surface area contributed by atoms with Crippen molar-refractivity contribution in [2.75, 3.05) is 6.54 Å². The largest absolute Gasteiger partial charge is 0.361 e. The first-order chi connectivity index (χ1) is 18.9. The Morgan fingerprint density at radius 1 is 0.974 bits per heavy atom. The zero-order valence-electron chi connectivity index (χ0n) is 20.9. The maximum Gasteiger partial charge on any atom is 0.251 e. The first-order valence-electron chi connectivity index (χ1n) is 12.3. The molecule has 9 heteroatoms. The monoisotopic (exact) mass is 540 g/mol. The van der Waals surface area contributed by atoms with E-state index in [9.17, 15) is 17.6 Å². The highest BCUT2D eigenvalue weighted by atomic mass is 32.2. The van der Waals surface area contributed by atoms with Gasteiger partial charge < -0.3 is 10.3 Å². The van der Waals surface area contributed by atoms with Crippen molar-refractivity contribution in [3.05, 3.63) is 119 Å². The predicted molar refractivity (Wildman–Crippen MR) is 147 cm³/mol. The molecule has 3 N–H and O–H groups in total. The molecule has 196 valence electrons. The van der Waals surface area contributed by atoms with E-state index in [2.05, 4.69) is 32.3 Å². The third-order valence-corrected chi connectivity index (χ3v) is 7.96. The molecule has 0 bridgehead atoms. The second kappa shape index (κ2) is 11.4. The molecule has 0 radical (unpaired) electrons. The lowest BCUT2D eigenvalue weighted by Gasteiger charge is -2.10. The van der Waals surface area contributed by atoms with Gasteiger partial charge in [-0.1, -0.05) is 24.0 Å². The van der Waals surface area contributed by atoms with Gasteiger partial charge in [-0.3, -0.25) is 9.89 Å². The van der Waals surface area contributed by atoms with E-state index in [1.807, 2.05) is 24.4 Å². The lowest BCUT2D eigenvalue weighted by molar-refractivity contribution is 0.0953. The van der Waals surface area contributed by atoms with Gasteiger partial charge in [0.25, 0.3) is 5.91 Å². The first kappa shape index (κ1) is 25.9. The number of amides is 1. The molecular formula is C30H25FN4O3S. The van der Waals surface area contributed by atoms with Crippen molar-refractivity contribution in [1.82, 2.24) is 20.5 Å². The molecule has 0 aliphatic carbocycles.